The van der Waals surface area contributed by atoms with E-state index in [0.717, 1.165) is 22.6 Å². The second-order valence-electron chi connectivity index (χ2n) is 10.9. The predicted octanol–water partition coefficient (Wildman–Crippen LogP) is 7.51. The lowest BCUT2D eigenvalue weighted by Gasteiger charge is -2.27. The molecular weight excluding hydrogens is 589 g/mol. The normalized spacial score (nSPS) is 16.1. The highest BCUT2D eigenvalue weighted by Gasteiger charge is 2.32. The minimum Gasteiger partial charge on any atom is -0.406 e. The van der Waals surface area contributed by atoms with Crippen molar-refractivity contribution < 1.29 is 22.7 Å². The Morgan fingerprint density at radius 1 is 1.11 bits per heavy atom. The Morgan fingerprint density at radius 3 is 2.52 bits per heavy atom. The quantitative estimate of drug-likeness (QED) is 0.219. The molecule has 0 aliphatic carbocycles. The van der Waals surface area contributed by atoms with Gasteiger partial charge in [0.25, 0.3) is 0 Å². The van der Waals surface area contributed by atoms with E-state index >= 15 is 0 Å². The lowest BCUT2D eigenvalue weighted by atomic mass is 9.98. The van der Waals surface area contributed by atoms with Crippen molar-refractivity contribution in [3.8, 4) is 22.8 Å². The van der Waals surface area contributed by atoms with Crippen LogP contribution in [0.1, 0.15) is 43.4 Å². The van der Waals surface area contributed by atoms with Crippen molar-refractivity contribution in [1.29, 1.82) is 0 Å². The minimum atomic E-state index is -4.75. The highest BCUT2D eigenvalue weighted by atomic mass is 32.2. The van der Waals surface area contributed by atoms with Crippen molar-refractivity contribution >= 4 is 28.6 Å². The van der Waals surface area contributed by atoms with Crippen LogP contribution in [-0.2, 0) is 6.42 Å². The summed E-state index contributed by atoms with van der Waals surface area (Å²) in [5.74, 6) is 1.37. The molecule has 12 heteroatoms. The Balaban J connectivity index is 1.17. The Labute approximate surface area is 258 Å². The molecule has 0 saturated carbocycles. The van der Waals surface area contributed by atoms with E-state index in [9.17, 15) is 18.0 Å². The molecule has 2 heterocycles. The van der Waals surface area contributed by atoms with Crippen molar-refractivity contribution in [3.05, 3.63) is 89.7 Å². The van der Waals surface area contributed by atoms with Gasteiger partial charge in [0.1, 0.15) is 12.1 Å². The second kappa shape index (κ2) is 13.1. The van der Waals surface area contributed by atoms with Crippen LogP contribution in [0.2, 0.25) is 0 Å². The molecule has 0 radical (unpaired) electrons. The molecule has 1 aliphatic rings. The summed E-state index contributed by atoms with van der Waals surface area (Å²) in [6.07, 6.45) is -2.63. The SMILES string of the molecule is Cc1ccc(N2/C(=N/C(=O)NCCc3ccc(-c4ncn(-c5ccc(OC(F)(F)F)cc5)n4)cc3)SCC2C)c(C(C)C)c1. The number of anilines is 1. The summed E-state index contributed by atoms with van der Waals surface area (Å²) in [6.45, 7) is 9.01. The Bertz CT molecular complexity index is 1640. The maximum atomic E-state index is 12.8. The molecule has 1 aliphatic heterocycles. The van der Waals surface area contributed by atoms with E-state index in [0.29, 0.717) is 35.6 Å². The highest BCUT2D eigenvalue weighted by Crippen LogP contribution is 2.36. The average Bonchev–Trinajstić information content (AvgIpc) is 3.60. The highest BCUT2D eigenvalue weighted by molar-refractivity contribution is 8.14. The van der Waals surface area contributed by atoms with Crippen molar-refractivity contribution in [2.45, 2.75) is 52.4 Å². The molecule has 1 N–H and O–H groups in total. The average molecular weight is 623 g/mol. The van der Waals surface area contributed by atoms with Crippen LogP contribution in [0.15, 0.2) is 78.0 Å². The Morgan fingerprint density at radius 2 is 1.84 bits per heavy atom. The van der Waals surface area contributed by atoms with Crippen LogP contribution in [0.25, 0.3) is 17.1 Å². The molecule has 4 aromatic rings. The number of nitrogens with one attached hydrogen (secondary N) is 1. The zero-order valence-electron chi connectivity index (χ0n) is 24.8. The van der Waals surface area contributed by atoms with Crippen molar-refractivity contribution in [1.82, 2.24) is 20.1 Å². The molecule has 3 aromatic carbocycles. The number of carbonyl (C=O) groups excluding carboxylic acids is 1. The van der Waals surface area contributed by atoms with E-state index in [2.05, 4.69) is 75.9 Å². The second-order valence-corrected chi connectivity index (χ2v) is 11.9. The summed E-state index contributed by atoms with van der Waals surface area (Å²) < 4.78 is 42.6. The zero-order chi connectivity index (χ0) is 31.4. The number of hydrogen-bond donors (Lipinski definition) is 1. The van der Waals surface area contributed by atoms with E-state index in [1.54, 1.807) is 11.8 Å². The van der Waals surface area contributed by atoms with Gasteiger partial charge in [0.2, 0.25) is 0 Å². The number of thioether (sulfide) groups is 1. The number of carbonyl (C=O) groups is 1. The number of benzene rings is 3. The summed E-state index contributed by atoms with van der Waals surface area (Å²) in [5, 5.41) is 8.06. The maximum Gasteiger partial charge on any atom is 0.573 e. The molecule has 5 rings (SSSR count). The van der Waals surface area contributed by atoms with Gasteiger partial charge < -0.3 is 15.0 Å². The standard InChI is InChI=1S/C32H33F3N6O2S/c1-20(2)27-17-21(3)5-14-28(27)41-22(4)18-44-31(41)38-30(42)36-16-15-23-6-8-24(9-7-23)29-37-19-40(39-29)25-10-12-26(13-11-25)43-32(33,34)35/h5-14,17,19-20,22H,15-16,18H2,1-4H3,(H,36,42)/b38-31-. The molecular formula is C32H33F3N6O2S. The summed E-state index contributed by atoms with van der Waals surface area (Å²) in [4.78, 5) is 23.7. The number of rotatable bonds is 8. The number of amides is 2. The number of aromatic nitrogens is 3. The third kappa shape index (κ3) is 7.60. The molecule has 44 heavy (non-hydrogen) atoms. The largest absolute Gasteiger partial charge is 0.573 e. The topological polar surface area (TPSA) is 84.6 Å². The first-order valence-electron chi connectivity index (χ1n) is 14.2. The summed E-state index contributed by atoms with van der Waals surface area (Å²) >= 11 is 1.59. The Hall–Kier alpha value is -4.32. The molecule has 1 unspecified atom stereocenters. The fourth-order valence-electron chi connectivity index (χ4n) is 4.89. The maximum absolute atomic E-state index is 12.8. The first-order chi connectivity index (χ1) is 21.0. The van der Waals surface area contributed by atoms with Crippen LogP contribution in [0, 0.1) is 6.92 Å². The number of aryl methyl sites for hydroxylation is 1. The number of ether oxygens (including phenoxy) is 1. The molecule has 2 amide bonds. The number of halogens is 3. The molecule has 1 fully saturated rings. The van der Waals surface area contributed by atoms with Crippen LogP contribution >= 0.6 is 11.8 Å². The lowest BCUT2D eigenvalue weighted by molar-refractivity contribution is -0.274. The van der Waals surface area contributed by atoms with Crippen LogP contribution in [0.5, 0.6) is 5.75 Å². The first kappa shape index (κ1) is 31.1. The van der Waals surface area contributed by atoms with Crippen molar-refractivity contribution in [2.75, 3.05) is 17.2 Å². The zero-order valence-corrected chi connectivity index (χ0v) is 25.6. The number of nitrogens with zero attached hydrogens (tertiary/aromatic N) is 5. The van der Waals surface area contributed by atoms with Crippen molar-refractivity contribution in [2.24, 2.45) is 4.99 Å². The van der Waals surface area contributed by atoms with E-state index in [1.807, 2.05) is 24.3 Å². The minimum absolute atomic E-state index is 0.226. The summed E-state index contributed by atoms with van der Waals surface area (Å²) in [7, 11) is 0. The molecule has 8 nitrogen and oxygen atoms in total. The molecule has 0 bridgehead atoms. The van der Waals surface area contributed by atoms with Gasteiger partial charge in [-0.15, -0.1) is 18.3 Å². The smallest absolute Gasteiger partial charge is 0.406 e. The third-order valence-electron chi connectivity index (χ3n) is 7.09. The molecule has 0 spiro atoms. The van der Waals surface area contributed by atoms with Gasteiger partial charge in [-0.1, -0.05) is 67.6 Å². The van der Waals surface area contributed by atoms with Gasteiger partial charge in [0.15, 0.2) is 11.0 Å². The summed E-state index contributed by atoms with van der Waals surface area (Å²) in [5.41, 5.74) is 5.90. The van der Waals surface area contributed by atoms with E-state index in [1.165, 1.54) is 46.4 Å². The lowest BCUT2D eigenvalue weighted by Crippen LogP contribution is -2.34. The monoisotopic (exact) mass is 622 g/mol. The number of urea groups is 1. The molecule has 1 atom stereocenters. The van der Waals surface area contributed by atoms with Crippen LogP contribution in [0.3, 0.4) is 0 Å². The predicted molar refractivity (Wildman–Crippen MR) is 168 cm³/mol. The fourth-order valence-corrected chi connectivity index (χ4v) is 6.00. The van der Waals surface area contributed by atoms with Crippen LogP contribution in [0.4, 0.5) is 23.7 Å². The number of alkyl halides is 3. The summed E-state index contributed by atoms with van der Waals surface area (Å²) in [6, 6.07) is 19.3. The molecule has 230 valence electrons. The number of aliphatic imine (C=N–C) groups is 1. The van der Waals surface area contributed by atoms with Gasteiger partial charge >= 0.3 is 12.4 Å². The number of amidine groups is 1. The third-order valence-corrected chi connectivity index (χ3v) is 8.29. The van der Waals surface area contributed by atoms with Gasteiger partial charge in [0.05, 0.1) is 5.69 Å². The van der Waals surface area contributed by atoms with Crippen LogP contribution in [-0.4, -0.2) is 50.7 Å². The van der Waals surface area contributed by atoms with Gasteiger partial charge in [0, 0.05) is 29.6 Å². The van der Waals surface area contributed by atoms with Crippen LogP contribution < -0.4 is 15.0 Å². The van der Waals surface area contributed by atoms with E-state index in [-0.39, 0.29) is 17.8 Å². The van der Waals surface area contributed by atoms with E-state index in [4.69, 9.17) is 0 Å². The molecule has 1 aromatic heterocycles. The number of hydrogen-bond acceptors (Lipinski definition) is 5. The van der Waals surface area contributed by atoms with E-state index < -0.39 is 6.36 Å². The Kier molecular flexibility index (Phi) is 9.28. The van der Waals surface area contributed by atoms with Gasteiger partial charge in [-0.25, -0.2) is 14.5 Å². The van der Waals surface area contributed by atoms with Gasteiger partial charge in [-0.3, -0.25) is 0 Å². The fraction of sp³-hybridized carbons (Fsp3) is 0.312. The van der Waals surface area contributed by atoms with Gasteiger partial charge in [-0.05, 0) is 67.6 Å². The van der Waals surface area contributed by atoms with Crippen molar-refractivity contribution in [3.63, 3.8) is 0 Å². The first-order valence-corrected chi connectivity index (χ1v) is 15.2. The molecule has 1 saturated heterocycles. The van der Waals surface area contributed by atoms with Gasteiger partial charge in [-0.2, -0.15) is 4.99 Å².